The molecule has 2 rings (SSSR count). The molecule has 0 aliphatic rings. The van der Waals surface area contributed by atoms with Crippen molar-refractivity contribution in [2.24, 2.45) is 0 Å². The van der Waals surface area contributed by atoms with Crippen molar-refractivity contribution in [3.8, 4) is 0 Å². The molecule has 126 valence electrons. The molecule has 0 heterocycles. The molecular weight excluding hydrogens is 304 g/mol. The van der Waals surface area contributed by atoms with Gasteiger partial charge in [0.15, 0.2) is 0 Å². The van der Waals surface area contributed by atoms with E-state index in [0.717, 1.165) is 11.1 Å². The van der Waals surface area contributed by atoms with Crippen LogP contribution in [-0.2, 0) is 27.3 Å². The fourth-order valence-electron chi connectivity index (χ4n) is 2.35. The zero-order valence-electron chi connectivity index (χ0n) is 13.7. The van der Waals surface area contributed by atoms with Crippen LogP contribution < -0.4 is 10.6 Å². The van der Waals surface area contributed by atoms with Crippen molar-refractivity contribution in [2.75, 3.05) is 13.7 Å². The summed E-state index contributed by atoms with van der Waals surface area (Å²) in [5.41, 5.74) is 2.06. The van der Waals surface area contributed by atoms with E-state index in [1.807, 2.05) is 60.7 Å². The summed E-state index contributed by atoms with van der Waals surface area (Å²) in [5, 5.41) is 5.79. The lowest BCUT2D eigenvalue weighted by Crippen LogP contribution is -2.46. The van der Waals surface area contributed by atoms with E-state index in [1.165, 1.54) is 7.11 Å². The first-order chi connectivity index (χ1) is 11.7. The second-order valence-electron chi connectivity index (χ2n) is 5.42. The Morgan fingerprint density at radius 2 is 1.54 bits per heavy atom. The minimum atomic E-state index is -0.691. The van der Waals surface area contributed by atoms with Crippen LogP contribution in [0.5, 0.6) is 0 Å². The molecule has 0 fully saturated rings. The van der Waals surface area contributed by atoms with Crippen molar-refractivity contribution >= 4 is 11.9 Å². The van der Waals surface area contributed by atoms with Crippen molar-refractivity contribution in [3.05, 3.63) is 71.8 Å². The predicted octanol–water partition coefficient (Wildman–Crippen LogP) is 1.68. The first-order valence-electron chi connectivity index (χ1n) is 7.85. The molecule has 1 amide bonds. The maximum atomic E-state index is 12.1. The lowest BCUT2D eigenvalue weighted by Gasteiger charge is -2.17. The third-order valence-electron chi connectivity index (χ3n) is 3.56. The van der Waals surface area contributed by atoms with Crippen molar-refractivity contribution in [1.29, 1.82) is 0 Å². The molecule has 5 heteroatoms. The average molecular weight is 326 g/mol. The molecular formula is C19H22N2O3. The summed E-state index contributed by atoms with van der Waals surface area (Å²) in [6.45, 7) is 0.729. The molecule has 1 atom stereocenters. The molecule has 2 N–H and O–H groups in total. The maximum Gasteiger partial charge on any atom is 0.328 e. The van der Waals surface area contributed by atoms with E-state index in [0.29, 0.717) is 13.0 Å². The number of carbonyl (C=O) groups excluding carboxylic acids is 2. The number of hydrogen-bond donors (Lipinski definition) is 2. The molecule has 0 aliphatic carbocycles. The van der Waals surface area contributed by atoms with Gasteiger partial charge in [-0.25, -0.2) is 4.79 Å². The lowest BCUT2D eigenvalue weighted by atomic mass is 10.1. The number of amides is 1. The Morgan fingerprint density at radius 3 is 2.12 bits per heavy atom. The van der Waals surface area contributed by atoms with Gasteiger partial charge in [-0.15, -0.1) is 0 Å². The van der Waals surface area contributed by atoms with Gasteiger partial charge in [-0.3, -0.25) is 4.79 Å². The number of carbonyl (C=O) groups is 2. The Morgan fingerprint density at radius 1 is 0.958 bits per heavy atom. The van der Waals surface area contributed by atoms with Crippen molar-refractivity contribution < 1.29 is 14.3 Å². The van der Waals surface area contributed by atoms with E-state index in [1.54, 1.807) is 0 Å². The Bertz CT molecular complexity index is 644. The largest absolute Gasteiger partial charge is 0.467 e. The molecule has 0 aliphatic heterocycles. The predicted molar refractivity (Wildman–Crippen MR) is 92.2 cm³/mol. The zero-order valence-corrected chi connectivity index (χ0v) is 13.7. The summed E-state index contributed by atoms with van der Waals surface area (Å²) in [6, 6.07) is 18.6. The summed E-state index contributed by atoms with van der Waals surface area (Å²) >= 11 is 0. The highest BCUT2D eigenvalue weighted by atomic mass is 16.5. The lowest BCUT2D eigenvalue weighted by molar-refractivity contribution is -0.144. The fourth-order valence-corrected chi connectivity index (χ4v) is 2.35. The quantitative estimate of drug-likeness (QED) is 0.724. The summed E-state index contributed by atoms with van der Waals surface area (Å²) in [7, 11) is 1.32. The second kappa shape index (κ2) is 9.47. The highest BCUT2D eigenvalue weighted by molar-refractivity contribution is 5.85. The second-order valence-corrected chi connectivity index (χ2v) is 5.42. The van der Waals surface area contributed by atoms with E-state index in [9.17, 15) is 9.59 Å². The van der Waals surface area contributed by atoms with Crippen LogP contribution >= 0.6 is 0 Å². The van der Waals surface area contributed by atoms with Gasteiger partial charge in [0, 0.05) is 13.0 Å². The van der Waals surface area contributed by atoms with Gasteiger partial charge >= 0.3 is 5.97 Å². The van der Waals surface area contributed by atoms with Gasteiger partial charge < -0.3 is 15.4 Å². The number of benzene rings is 2. The Hall–Kier alpha value is -2.66. The number of methoxy groups -OCH3 is 1. The van der Waals surface area contributed by atoms with E-state index in [4.69, 9.17) is 4.74 Å². The number of rotatable bonds is 8. The first kappa shape index (κ1) is 17.7. The average Bonchev–Trinajstić information content (AvgIpc) is 2.62. The van der Waals surface area contributed by atoms with Crippen molar-refractivity contribution in [1.82, 2.24) is 10.6 Å². The summed E-state index contributed by atoms with van der Waals surface area (Å²) < 4.78 is 4.79. The third kappa shape index (κ3) is 5.85. The van der Waals surface area contributed by atoms with Gasteiger partial charge in [0.05, 0.1) is 13.7 Å². The normalized spacial score (nSPS) is 11.5. The standard InChI is InChI=1S/C19H22N2O3/c1-24-19(23)17(12-15-8-4-2-5-9-15)21-18(22)14-20-13-16-10-6-3-7-11-16/h2-11,17,20H,12-14H2,1H3,(H,21,22). The Labute approximate surface area is 142 Å². The fraction of sp³-hybridized carbons (Fsp3) is 0.263. The zero-order chi connectivity index (χ0) is 17.2. The van der Waals surface area contributed by atoms with Crippen LogP contribution in [0.1, 0.15) is 11.1 Å². The van der Waals surface area contributed by atoms with Gasteiger partial charge in [-0.05, 0) is 11.1 Å². The molecule has 0 spiro atoms. The maximum absolute atomic E-state index is 12.1. The Balaban J connectivity index is 1.84. The summed E-state index contributed by atoms with van der Waals surface area (Å²) in [5.74, 6) is -0.687. The molecule has 2 aromatic rings. The van der Waals surface area contributed by atoms with E-state index in [2.05, 4.69) is 10.6 Å². The number of esters is 1. The van der Waals surface area contributed by atoms with Crippen LogP contribution in [0.25, 0.3) is 0 Å². The summed E-state index contributed by atoms with van der Waals surface area (Å²) in [4.78, 5) is 24.0. The van der Waals surface area contributed by atoms with Gasteiger partial charge in [-0.1, -0.05) is 60.7 Å². The minimum Gasteiger partial charge on any atom is -0.467 e. The molecule has 24 heavy (non-hydrogen) atoms. The molecule has 0 aromatic heterocycles. The van der Waals surface area contributed by atoms with Crippen LogP contribution in [0.3, 0.4) is 0 Å². The highest BCUT2D eigenvalue weighted by Gasteiger charge is 2.21. The third-order valence-corrected chi connectivity index (χ3v) is 3.56. The van der Waals surface area contributed by atoms with Gasteiger partial charge in [0.25, 0.3) is 0 Å². The molecule has 0 saturated carbocycles. The number of hydrogen-bond acceptors (Lipinski definition) is 4. The molecule has 5 nitrogen and oxygen atoms in total. The molecule has 0 radical (unpaired) electrons. The minimum absolute atomic E-state index is 0.136. The Kier molecular flexibility index (Phi) is 6.98. The molecule has 0 saturated heterocycles. The topological polar surface area (TPSA) is 67.4 Å². The van der Waals surface area contributed by atoms with Crippen LogP contribution in [0.15, 0.2) is 60.7 Å². The number of nitrogens with one attached hydrogen (secondary N) is 2. The highest BCUT2D eigenvalue weighted by Crippen LogP contribution is 2.04. The summed E-state index contributed by atoms with van der Waals surface area (Å²) in [6.07, 6.45) is 0.401. The molecule has 0 bridgehead atoms. The molecule has 1 unspecified atom stereocenters. The van der Waals surface area contributed by atoms with Crippen LogP contribution in [0.2, 0.25) is 0 Å². The van der Waals surface area contributed by atoms with Crippen LogP contribution in [0.4, 0.5) is 0 Å². The van der Waals surface area contributed by atoms with Gasteiger partial charge in [0.2, 0.25) is 5.91 Å². The first-order valence-corrected chi connectivity index (χ1v) is 7.85. The van der Waals surface area contributed by atoms with Crippen LogP contribution in [-0.4, -0.2) is 31.6 Å². The monoisotopic (exact) mass is 326 g/mol. The van der Waals surface area contributed by atoms with E-state index in [-0.39, 0.29) is 12.5 Å². The van der Waals surface area contributed by atoms with Gasteiger partial charge in [-0.2, -0.15) is 0 Å². The van der Waals surface area contributed by atoms with Crippen molar-refractivity contribution in [2.45, 2.75) is 19.0 Å². The van der Waals surface area contributed by atoms with Crippen molar-refractivity contribution in [3.63, 3.8) is 0 Å². The van der Waals surface area contributed by atoms with E-state index < -0.39 is 12.0 Å². The van der Waals surface area contributed by atoms with Crippen LogP contribution in [0, 0.1) is 0 Å². The number of ether oxygens (including phenoxy) is 1. The smallest absolute Gasteiger partial charge is 0.328 e. The SMILES string of the molecule is COC(=O)C(Cc1ccccc1)NC(=O)CNCc1ccccc1. The van der Waals surface area contributed by atoms with Gasteiger partial charge in [0.1, 0.15) is 6.04 Å². The van der Waals surface area contributed by atoms with E-state index >= 15 is 0 Å². The molecule has 2 aromatic carbocycles.